The average Bonchev–Trinajstić information content (AvgIpc) is 3.01. The van der Waals surface area contributed by atoms with Gasteiger partial charge in [0.15, 0.2) is 11.5 Å². The lowest BCUT2D eigenvalue weighted by Crippen LogP contribution is -2.33. The molecule has 1 aliphatic rings. The highest BCUT2D eigenvalue weighted by atomic mass is 31.2. The second kappa shape index (κ2) is 5.38. The minimum atomic E-state index is -5.77. The van der Waals surface area contributed by atoms with Gasteiger partial charge in [0.2, 0.25) is 0 Å². The van der Waals surface area contributed by atoms with Crippen LogP contribution < -0.4 is 5.73 Å². The van der Waals surface area contributed by atoms with E-state index in [1.807, 2.05) is 0 Å². The molecule has 3 heterocycles. The molecular weight excluding hydrogens is 354 g/mol. The van der Waals surface area contributed by atoms with Crippen LogP contribution in [0.15, 0.2) is 12.7 Å². The van der Waals surface area contributed by atoms with Crippen molar-refractivity contribution in [3.63, 3.8) is 0 Å². The van der Waals surface area contributed by atoms with Crippen LogP contribution in [0.3, 0.4) is 0 Å². The number of fused-ring (bicyclic) bond motifs is 1. The Morgan fingerprint density at radius 2 is 2.17 bits per heavy atom. The van der Waals surface area contributed by atoms with Crippen LogP contribution in [-0.2, 0) is 9.30 Å². The fourth-order valence-corrected chi connectivity index (χ4v) is 3.03. The lowest BCUT2D eigenvalue weighted by molar-refractivity contribution is -0.0159. The Morgan fingerprint density at radius 3 is 2.83 bits per heavy atom. The second-order valence-corrected chi connectivity index (χ2v) is 7.33. The molecule has 0 unspecified atom stereocenters. The molecule has 1 aliphatic heterocycles. The Morgan fingerprint density at radius 1 is 1.46 bits per heavy atom. The molecule has 0 saturated carbocycles. The number of hydrogen-bond acceptors (Lipinski definition) is 6. The largest absolute Gasteiger partial charge is 0.394 e. The number of imidazole rings is 1. The Kier molecular flexibility index (Phi) is 3.83. The third-order valence-electron chi connectivity index (χ3n) is 3.73. The van der Waals surface area contributed by atoms with Gasteiger partial charge in [-0.1, -0.05) is 0 Å². The van der Waals surface area contributed by atoms with E-state index in [0.717, 1.165) is 6.33 Å². The summed E-state index contributed by atoms with van der Waals surface area (Å²) >= 11 is 0. The van der Waals surface area contributed by atoms with Gasteiger partial charge in [-0.25, -0.2) is 19.3 Å². The lowest BCUT2D eigenvalue weighted by Gasteiger charge is -2.25. The lowest BCUT2D eigenvalue weighted by atomic mass is 10.0. The van der Waals surface area contributed by atoms with Gasteiger partial charge in [0.1, 0.15) is 23.7 Å². The Labute approximate surface area is 132 Å². The summed E-state index contributed by atoms with van der Waals surface area (Å²) in [5.74, 6) is 0.0938. The maximum atomic E-state index is 14.6. The number of nitrogens with zero attached hydrogens (tertiary/aromatic N) is 4. The molecule has 4 N–H and O–H groups in total. The van der Waals surface area contributed by atoms with Gasteiger partial charge in [-0.2, -0.15) is 8.78 Å². The van der Waals surface area contributed by atoms with Gasteiger partial charge in [-0.3, -0.25) is 9.13 Å². The van der Waals surface area contributed by atoms with Crippen LogP contribution >= 0.6 is 7.60 Å². The number of halogens is 3. The van der Waals surface area contributed by atoms with Gasteiger partial charge in [0, 0.05) is 6.42 Å². The van der Waals surface area contributed by atoms with Gasteiger partial charge in [0.05, 0.1) is 19.4 Å². The summed E-state index contributed by atoms with van der Waals surface area (Å²) in [5, 5.41) is 0. The molecule has 1 fully saturated rings. The van der Waals surface area contributed by atoms with E-state index in [-0.39, 0.29) is 17.0 Å². The average molecular weight is 367 g/mol. The van der Waals surface area contributed by atoms with Crippen LogP contribution in [0, 0.1) is 0 Å². The molecule has 0 bridgehead atoms. The number of alkyl halides is 3. The van der Waals surface area contributed by atoms with Crippen LogP contribution in [0.25, 0.3) is 11.2 Å². The molecule has 0 amide bonds. The Bertz CT molecular complexity index is 827. The van der Waals surface area contributed by atoms with Gasteiger partial charge in [0.25, 0.3) is 0 Å². The molecule has 2 aromatic heterocycles. The van der Waals surface area contributed by atoms with Crippen molar-refractivity contribution in [1.29, 1.82) is 0 Å². The van der Waals surface area contributed by atoms with Crippen molar-refractivity contribution in [2.24, 2.45) is 0 Å². The third-order valence-corrected chi connectivity index (χ3v) is 4.74. The first-order valence-corrected chi connectivity index (χ1v) is 8.31. The fraction of sp³-hybridized carbons (Fsp3) is 0.545. The molecule has 0 radical (unpaired) electrons. The molecule has 132 valence electrons. The zero-order valence-electron chi connectivity index (χ0n) is 12.0. The standard InChI is InChI=1S/C11H13F3N5O4P/c12-10(2-11(13,14)24(20,21)22)1-6(23-3-10)19-5-18-7-8(15)16-4-17-9(7)19/h4-6H,1-3H2,(H2,15,16,17)(H2,20,21,22)/t6-,10-/m1/s1. The zero-order valence-corrected chi connectivity index (χ0v) is 12.9. The third kappa shape index (κ3) is 2.86. The van der Waals surface area contributed by atoms with Gasteiger partial charge in [-0.05, 0) is 0 Å². The number of nitrogen functional groups attached to an aromatic ring is 1. The number of aromatic nitrogens is 4. The molecule has 0 aromatic carbocycles. The van der Waals surface area contributed by atoms with Crippen molar-refractivity contribution in [2.45, 2.75) is 30.4 Å². The molecule has 24 heavy (non-hydrogen) atoms. The predicted molar refractivity (Wildman–Crippen MR) is 74.8 cm³/mol. The summed E-state index contributed by atoms with van der Waals surface area (Å²) in [7, 11) is -5.77. The van der Waals surface area contributed by atoms with E-state index in [9.17, 15) is 17.7 Å². The van der Waals surface area contributed by atoms with Crippen molar-refractivity contribution in [3.8, 4) is 0 Å². The molecule has 3 rings (SSSR count). The molecule has 9 nitrogen and oxygen atoms in total. The monoisotopic (exact) mass is 367 g/mol. The Hall–Kier alpha value is -1.75. The highest BCUT2D eigenvalue weighted by molar-refractivity contribution is 7.53. The van der Waals surface area contributed by atoms with E-state index in [1.54, 1.807) is 0 Å². The van der Waals surface area contributed by atoms with E-state index < -0.39 is 44.6 Å². The first-order valence-electron chi connectivity index (χ1n) is 6.69. The molecular formula is C11H13F3N5O4P. The van der Waals surface area contributed by atoms with E-state index in [4.69, 9.17) is 20.3 Å². The van der Waals surface area contributed by atoms with Crippen molar-refractivity contribution >= 4 is 24.6 Å². The summed E-state index contributed by atoms with van der Waals surface area (Å²) in [4.78, 5) is 28.9. The van der Waals surface area contributed by atoms with Gasteiger partial charge < -0.3 is 20.3 Å². The van der Waals surface area contributed by atoms with Crippen LogP contribution in [0.2, 0.25) is 0 Å². The van der Waals surface area contributed by atoms with Crippen LogP contribution in [0.5, 0.6) is 0 Å². The molecule has 0 spiro atoms. The summed E-state index contributed by atoms with van der Waals surface area (Å²) in [6, 6.07) is 0. The first kappa shape index (κ1) is 17.1. The fourth-order valence-electron chi connectivity index (χ4n) is 2.54. The van der Waals surface area contributed by atoms with Crippen molar-refractivity contribution < 1.29 is 32.3 Å². The van der Waals surface area contributed by atoms with E-state index in [0.29, 0.717) is 0 Å². The highest BCUT2D eigenvalue weighted by Crippen LogP contribution is 2.58. The van der Waals surface area contributed by atoms with E-state index in [1.165, 1.54) is 10.9 Å². The summed E-state index contributed by atoms with van der Waals surface area (Å²) in [6.07, 6.45) is -0.785. The smallest absolute Gasteiger partial charge is 0.382 e. The number of anilines is 1. The van der Waals surface area contributed by atoms with E-state index >= 15 is 0 Å². The van der Waals surface area contributed by atoms with Crippen molar-refractivity contribution in [2.75, 3.05) is 12.3 Å². The number of rotatable bonds is 4. The molecule has 2 atom stereocenters. The minimum Gasteiger partial charge on any atom is -0.382 e. The van der Waals surface area contributed by atoms with E-state index in [2.05, 4.69) is 15.0 Å². The first-order chi connectivity index (χ1) is 11.0. The number of hydrogen-bond donors (Lipinski definition) is 3. The van der Waals surface area contributed by atoms with Gasteiger partial charge in [-0.15, -0.1) is 0 Å². The normalized spacial score (nSPS) is 25.5. The quantitative estimate of drug-likeness (QED) is 0.686. The van der Waals surface area contributed by atoms with Crippen molar-refractivity contribution in [1.82, 2.24) is 19.5 Å². The maximum absolute atomic E-state index is 14.6. The summed E-state index contributed by atoms with van der Waals surface area (Å²) in [6.45, 7) is -0.743. The maximum Gasteiger partial charge on any atom is 0.394 e. The molecule has 1 saturated heterocycles. The molecule has 0 aliphatic carbocycles. The van der Waals surface area contributed by atoms with Crippen LogP contribution in [0.1, 0.15) is 19.1 Å². The van der Waals surface area contributed by atoms with Crippen molar-refractivity contribution in [3.05, 3.63) is 12.7 Å². The Balaban J connectivity index is 1.84. The second-order valence-electron chi connectivity index (χ2n) is 5.59. The number of ether oxygens (including phenoxy) is 1. The minimum absolute atomic E-state index is 0.0938. The zero-order chi connectivity index (χ0) is 17.8. The SMILES string of the molecule is Nc1ncnc2c1ncn2[C@H]1C[C@@](F)(CC(F)(F)P(=O)(O)O)CO1. The van der Waals surface area contributed by atoms with Gasteiger partial charge >= 0.3 is 13.3 Å². The molecule has 13 heteroatoms. The topological polar surface area (TPSA) is 136 Å². The predicted octanol–water partition coefficient (Wildman–Crippen LogP) is 1.20. The summed E-state index contributed by atoms with van der Waals surface area (Å²) < 4.78 is 58.9. The highest BCUT2D eigenvalue weighted by Gasteiger charge is 2.57. The number of nitrogens with two attached hydrogens (primary N) is 1. The van der Waals surface area contributed by atoms with Crippen LogP contribution in [-0.4, -0.2) is 47.2 Å². The van der Waals surface area contributed by atoms with Crippen LogP contribution in [0.4, 0.5) is 19.0 Å². The molecule has 2 aromatic rings. The summed E-state index contributed by atoms with van der Waals surface area (Å²) in [5.41, 5.74) is -0.981.